The van der Waals surface area contributed by atoms with Gasteiger partial charge in [-0.2, -0.15) is 0 Å². The predicted octanol–water partition coefficient (Wildman–Crippen LogP) is 3.39. The molecule has 0 radical (unpaired) electrons. The molecule has 0 saturated carbocycles. The van der Waals surface area contributed by atoms with Crippen molar-refractivity contribution in [2.45, 2.75) is 11.9 Å². The molecule has 20 heavy (non-hydrogen) atoms. The van der Waals surface area contributed by atoms with Gasteiger partial charge in [-0.25, -0.2) is 4.98 Å². The van der Waals surface area contributed by atoms with Gasteiger partial charge in [0, 0.05) is 17.5 Å². The topological polar surface area (TPSA) is 51.2 Å². The van der Waals surface area contributed by atoms with Crippen LogP contribution in [0.1, 0.15) is 12.5 Å². The van der Waals surface area contributed by atoms with E-state index in [1.54, 1.807) is 11.3 Å². The largest absolute Gasteiger partial charge is 0.465 e. The minimum absolute atomic E-state index is 0.202. The number of ether oxygens (including phenoxy) is 1. The molecule has 3 rings (SSSR count). The van der Waals surface area contributed by atoms with E-state index in [0.29, 0.717) is 6.61 Å². The average molecular weight is 306 g/mol. The number of thioether (sulfide) groups is 1. The molecular formula is C14H14N2O2S2. The van der Waals surface area contributed by atoms with Crippen LogP contribution < -0.4 is 5.32 Å². The van der Waals surface area contributed by atoms with Crippen molar-refractivity contribution in [3.63, 3.8) is 0 Å². The Morgan fingerprint density at radius 3 is 3.35 bits per heavy atom. The first-order valence-electron chi connectivity index (χ1n) is 6.39. The first-order chi connectivity index (χ1) is 9.79. The minimum Gasteiger partial charge on any atom is -0.465 e. The Kier molecular flexibility index (Phi) is 3.93. The van der Waals surface area contributed by atoms with Crippen LogP contribution in [0.2, 0.25) is 0 Å². The zero-order valence-corrected chi connectivity index (χ0v) is 12.6. The standard InChI is InChI=1S/C14H14N2O2S2/c1-2-18-11(17)8-20-14-9-4-3-6-15-12(9)10-5-7-19-13(10)16-14/h3-5,7,15H,2,6,8H2,1H3. The van der Waals surface area contributed by atoms with E-state index in [2.05, 4.69) is 28.5 Å². The summed E-state index contributed by atoms with van der Waals surface area (Å²) >= 11 is 3.05. The summed E-state index contributed by atoms with van der Waals surface area (Å²) in [5.74, 6) is 0.0879. The van der Waals surface area contributed by atoms with Crippen molar-refractivity contribution in [1.82, 2.24) is 4.98 Å². The number of hydrogen-bond donors (Lipinski definition) is 1. The molecule has 1 aliphatic rings. The second-order valence-electron chi connectivity index (χ2n) is 4.22. The van der Waals surface area contributed by atoms with Gasteiger partial charge in [-0.05, 0) is 18.4 Å². The molecule has 0 saturated heterocycles. The van der Waals surface area contributed by atoms with Crippen LogP contribution in [-0.4, -0.2) is 29.9 Å². The van der Waals surface area contributed by atoms with Crippen LogP contribution in [0.3, 0.4) is 0 Å². The van der Waals surface area contributed by atoms with Crippen LogP contribution in [-0.2, 0) is 9.53 Å². The molecule has 6 heteroatoms. The molecule has 0 unspecified atom stereocenters. The van der Waals surface area contributed by atoms with Crippen LogP contribution in [0.25, 0.3) is 16.3 Å². The molecule has 0 atom stereocenters. The normalized spacial score (nSPS) is 13.1. The molecule has 0 bridgehead atoms. The first kappa shape index (κ1) is 13.5. The molecule has 0 fully saturated rings. The summed E-state index contributed by atoms with van der Waals surface area (Å²) in [6.07, 6.45) is 4.14. The van der Waals surface area contributed by atoms with Gasteiger partial charge in [0.25, 0.3) is 0 Å². The molecule has 4 nitrogen and oxygen atoms in total. The number of esters is 1. The highest BCUT2D eigenvalue weighted by molar-refractivity contribution is 8.00. The van der Waals surface area contributed by atoms with Gasteiger partial charge in [0.15, 0.2) is 0 Å². The molecule has 0 aliphatic carbocycles. The maximum Gasteiger partial charge on any atom is 0.316 e. The van der Waals surface area contributed by atoms with Crippen LogP contribution in [0, 0.1) is 0 Å². The van der Waals surface area contributed by atoms with Gasteiger partial charge in [-0.1, -0.05) is 23.9 Å². The van der Waals surface area contributed by atoms with E-state index in [4.69, 9.17) is 4.74 Å². The first-order valence-corrected chi connectivity index (χ1v) is 8.26. The van der Waals surface area contributed by atoms with Crippen LogP contribution in [0.5, 0.6) is 0 Å². The quantitative estimate of drug-likeness (QED) is 0.693. The monoisotopic (exact) mass is 306 g/mol. The van der Waals surface area contributed by atoms with E-state index in [1.165, 1.54) is 11.8 Å². The average Bonchev–Trinajstić information content (AvgIpc) is 2.93. The number of carbonyl (C=O) groups is 1. The van der Waals surface area contributed by atoms with Gasteiger partial charge in [0.05, 0.1) is 18.0 Å². The molecule has 0 amide bonds. The van der Waals surface area contributed by atoms with Gasteiger partial charge >= 0.3 is 5.97 Å². The highest BCUT2D eigenvalue weighted by Crippen LogP contribution is 2.37. The van der Waals surface area contributed by atoms with Gasteiger partial charge in [0.2, 0.25) is 0 Å². The summed E-state index contributed by atoms with van der Waals surface area (Å²) in [5, 5.41) is 7.46. The zero-order valence-electron chi connectivity index (χ0n) is 11.0. The molecule has 0 aromatic carbocycles. The number of thiophene rings is 1. The number of fused-ring (bicyclic) bond motifs is 3. The summed E-state index contributed by atoms with van der Waals surface area (Å²) in [7, 11) is 0. The van der Waals surface area contributed by atoms with Crippen LogP contribution in [0.4, 0.5) is 5.69 Å². The van der Waals surface area contributed by atoms with E-state index in [-0.39, 0.29) is 11.7 Å². The molecule has 2 aromatic rings. The van der Waals surface area contributed by atoms with E-state index in [9.17, 15) is 4.79 Å². The fourth-order valence-electron chi connectivity index (χ4n) is 2.11. The Morgan fingerprint density at radius 2 is 2.50 bits per heavy atom. The zero-order chi connectivity index (χ0) is 13.9. The van der Waals surface area contributed by atoms with E-state index < -0.39 is 0 Å². The summed E-state index contributed by atoms with van der Waals surface area (Å²) in [4.78, 5) is 17.2. The van der Waals surface area contributed by atoms with Crippen molar-refractivity contribution < 1.29 is 9.53 Å². The maximum atomic E-state index is 11.5. The second kappa shape index (κ2) is 5.85. The highest BCUT2D eigenvalue weighted by Gasteiger charge is 2.17. The lowest BCUT2D eigenvalue weighted by Gasteiger charge is -2.16. The third-order valence-corrected chi connectivity index (χ3v) is 4.70. The smallest absolute Gasteiger partial charge is 0.316 e. The van der Waals surface area contributed by atoms with Crippen molar-refractivity contribution in [3.8, 4) is 0 Å². The lowest BCUT2D eigenvalue weighted by Crippen LogP contribution is -2.09. The van der Waals surface area contributed by atoms with E-state index >= 15 is 0 Å². The van der Waals surface area contributed by atoms with Crippen molar-refractivity contribution >= 4 is 51.0 Å². The highest BCUT2D eigenvalue weighted by atomic mass is 32.2. The molecule has 3 heterocycles. The summed E-state index contributed by atoms with van der Waals surface area (Å²) in [6, 6.07) is 2.08. The van der Waals surface area contributed by atoms with Gasteiger partial charge in [-0.3, -0.25) is 4.79 Å². The van der Waals surface area contributed by atoms with Gasteiger partial charge < -0.3 is 10.1 Å². The van der Waals surface area contributed by atoms with Crippen LogP contribution >= 0.6 is 23.1 Å². The molecular weight excluding hydrogens is 292 g/mol. The van der Waals surface area contributed by atoms with Gasteiger partial charge in [-0.15, -0.1) is 11.3 Å². The fraction of sp³-hybridized carbons (Fsp3) is 0.286. The Labute approximate surface area is 125 Å². The van der Waals surface area contributed by atoms with Crippen molar-refractivity contribution in [2.24, 2.45) is 0 Å². The second-order valence-corrected chi connectivity index (χ2v) is 6.08. The molecule has 1 N–H and O–H groups in total. The lowest BCUT2D eigenvalue weighted by molar-refractivity contribution is -0.139. The number of anilines is 1. The molecule has 104 valence electrons. The Bertz CT molecular complexity index is 679. The molecule has 0 spiro atoms. The van der Waals surface area contributed by atoms with Gasteiger partial charge in [0.1, 0.15) is 9.86 Å². The van der Waals surface area contributed by atoms with E-state index in [1.807, 2.05) is 12.3 Å². The summed E-state index contributed by atoms with van der Waals surface area (Å²) in [6.45, 7) is 3.05. The number of pyridine rings is 1. The van der Waals surface area contributed by atoms with E-state index in [0.717, 1.165) is 33.0 Å². The maximum absolute atomic E-state index is 11.5. The number of nitrogens with one attached hydrogen (secondary N) is 1. The number of aromatic nitrogens is 1. The predicted molar refractivity (Wildman–Crippen MR) is 84.5 cm³/mol. The Morgan fingerprint density at radius 1 is 1.60 bits per heavy atom. The minimum atomic E-state index is -0.202. The fourth-order valence-corrected chi connectivity index (χ4v) is 3.76. The third kappa shape index (κ3) is 2.53. The van der Waals surface area contributed by atoms with Crippen LogP contribution in [0.15, 0.2) is 22.5 Å². The molecule has 2 aromatic heterocycles. The van der Waals surface area contributed by atoms with Crippen molar-refractivity contribution in [1.29, 1.82) is 0 Å². The number of nitrogens with zero attached hydrogens (tertiary/aromatic N) is 1. The Balaban J connectivity index is 1.94. The summed E-state index contributed by atoms with van der Waals surface area (Å²) < 4.78 is 4.96. The van der Waals surface area contributed by atoms with Crippen molar-refractivity contribution in [3.05, 3.63) is 23.1 Å². The summed E-state index contributed by atoms with van der Waals surface area (Å²) in [5.41, 5.74) is 2.18. The Hall–Kier alpha value is -1.53. The lowest BCUT2D eigenvalue weighted by atomic mass is 10.1. The third-order valence-electron chi connectivity index (χ3n) is 2.93. The number of rotatable bonds is 4. The van der Waals surface area contributed by atoms with Crippen molar-refractivity contribution in [2.75, 3.05) is 24.2 Å². The molecule has 1 aliphatic heterocycles. The number of carbonyl (C=O) groups excluding carboxylic acids is 1. The SMILES string of the molecule is CCOC(=O)CSc1nc2sccc2c2c1C=CCN2. The number of hydrogen-bond acceptors (Lipinski definition) is 6.